The molecule has 4 nitrogen and oxygen atoms in total. The summed E-state index contributed by atoms with van der Waals surface area (Å²) < 4.78 is 6.34. The number of aromatic carboxylic acids is 1. The van der Waals surface area contributed by atoms with Gasteiger partial charge in [-0.1, -0.05) is 12.1 Å². The van der Waals surface area contributed by atoms with Gasteiger partial charge in [0, 0.05) is 0 Å². The molecule has 0 aliphatic heterocycles. The van der Waals surface area contributed by atoms with E-state index in [9.17, 15) is 4.79 Å². The van der Waals surface area contributed by atoms with E-state index in [0.717, 1.165) is 5.56 Å². The van der Waals surface area contributed by atoms with Crippen molar-refractivity contribution in [1.29, 1.82) is 5.26 Å². The summed E-state index contributed by atoms with van der Waals surface area (Å²) in [5.41, 5.74) is 1.32. The first-order valence-corrected chi connectivity index (χ1v) is 6.52. The molecule has 0 saturated carbocycles. The van der Waals surface area contributed by atoms with Crippen molar-refractivity contribution in [3.05, 3.63) is 57.6 Å². The molecular formula is C15H10BrNO3. The van der Waals surface area contributed by atoms with Gasteiger partial charge in [0.2, 0.25) is 0 Å². The van der Waals surface area contributed by atoms with Crippen molar-refractivity contribution in [2.45, 2.75) is 6.92 Å². The molecule has 2 aromatic rings. The highest BCUT2D eigenvalue weighted by molar-refractivity contribution is 9.10. The van der Waals surface area contributed by atoms with E-state index in [4.69, 9.17) is 15.1 Å². The largest absolute Gasteiger partial charge is 0.478 e. The number of ether oxygens (including phenoxy) is 1. The van der Waals surface area contributed by atoms with Crippen molar-refractivity contribution in [2.24, 2.45) is 0 Å². The minimum absolute atomic E-state index is 0.121. The maximum absolute atomic E-state index is 11.0. The quantitative estimate of drug-likeness (QED) is 0.918. The Kier molecular flexibility index (Phi) is 4.06. The van der Waals surface area contributed by atoms with Gasteiger partial charge in [-0.25, -0.2) is 4.79 Å². The third-order valence-corrected chi connectivity index (χ3v) is 3.38. The third-order valence-electron chi connectivity index (χ3n) is 2.72. The van der Waals surface area contributed by atoms with Crippen LogP contribution in [0.1, 0.15) is 21.5 Å². The van der Waals surface area contributed by atoms with Crippen molar-refractivity contribution in [3.63, 3.8) is 0 Å². The number of nitrogens with zero attached hydrogens (tertiary/aromatic N) is 1. The Hall–Kier alpha value is -2.32. The van der Waals surface area contributed by atoms with Crippen molar-refractivity contribution >= 4 is 21.9 Å². The van der Waals surface area contributed by atoms with Gasteiger partial charge < -0.3 is 9.84 Å². The lowest BCUT2D eigenvalue weighted by atomic mass is 10.1. The molecule has 0 spiro atoms. The normalized spacial score (nSPS) is 9.85. The van der Waals surface area contributed by atoms with Crippen LogP contribution in [-0.4, -0.2) is 11.1 Å². The second kappa shape index (κ2) is 5.76. The lowest BCUT2D eigenvalue weighted by Crippen LogP contribution is -1.98. The molecule has 0 amide bonds. The van der Waals surface area contributed by atoms with Crippen LogP contribution in [0.2, 0.25) is 0 Å². The van der Waals surface area contributed by atoms with Crippen molar-refractivity contribution < 1.29 is 14.6 Å². The highest BCUT2D eigenvalue weighted by Gasteiger charge is 2.12. The molecule has 2 aromatic carbocycles. The Bertz CT molecular complexity index is 720. The summed E-state index contributed by atoms with van der Waals surface area (Å²) in [6.45, 7) is 1.82. The number of halogens is 1. The fourth-order valence-corrected chi connectivity index (χ4v) is 2.03. The van der Waals surface area contributed by atoms with Gasteiger partial charge in [-0.15, -0.1) is 0 Å². The smallest absolute Gasteiger partial charge is 0.335 e. The van der Waals surface area contributed by atoms with E-state index in [1.165, 1.54) is 12.1 Å². The summed E-state index contributed by atoms with van der Waals surface area (Å²) in [7, 11) is 0. The fraction of sp³-hybridized carbons (Fsp3) is 0.0667. The molecule has 0 atom stereocenters. The van der Waals surface area contributed by atoms with Crippen LogP contribution in [0.5, 0.6) is 11.5 Å². The average Bonchev–Trinajstić information content (AvgIpc) is 2.42. The highest BCUT2D eigenvalue weighted by atomic mass is 79.9. The second-order valence-electron chi connectivity index (χ2n) is 4.12. The van der Waals surface area contributed by atoms with Crippen LogP contribution in [0, 0.1) is 18.3 Å². The number of benzene rings is 2. The Morgan fingerprint density at radius 1 is 1.35 bits per heavy atom. The van der Waals surface area contributed by atoms with Crippen LogP contribution in [0.3, 0.4) is 0 Å². The number of carbonyl (C=O) groups is 1. The summed E-state index contributed by atoms with van der Waals surface area (Å²) in [5, 5.41) is 18.1. The van der Waals surface area contributed by atoms with E-state index >= 15 is 0 Å². The molecule has 5 heteroatoms. The first-order chi connectivity index (χ1) is 9.52. The monoisotopic (exact) mass is 331 g/mol. The van der Waals surface area contributed by atoms with Crippen LogP contribution >= 0.6 is 15.9 Å². The number of carboxylic acids is 1. The van der Waals surface area contributed by atoms with E-state index in [2.05, 4.69) is 22.0 Å². The van der Waals surface area contributed by atoms with Crippen LogP contribution in [-0.2, 0) is 0 Å². The van der Waals surface area contributed by atoms with Gasteiger partial charge in [-0.3, -0.25) is 0 Å². The van der Waals surface area contributed by atoms with E-state index in [-0.39, 0.29) is 5.56 Å². The van der Waals surface area contributed by atoms with E-state index in [0.29, 0.717) is 21.5 Å². The molecule has 0 heterocycles. The zero-order valence-electron chi connectivity index (χ0n) is 10.6. The standard InChI is InChI=1S/C15H10BrNO3/c1-9-3-2-4-11(8-17)14(9)20-13-7-10(15(18)19)5-6-12(13)16/h2-7H,1H3,(H,18,19). The summed E-state index contributed by atoms with van der Waals surface area (Å²) in [5.74, 6) is -0.249. The van der Waals surface area contributed by atoms with Gasteiger partial charge in [0.1, 0.15) is 17.6 Å². The predicted octanol–water partition coefficient (Wildman–Crippen LogP) is 4.12. The van der Waals surface area contributed by atoms with Crippen molar-refractivity contribution in [2.75, 3.05) is 0 Å². The highest BCUT2D eigenvalue weighted by Crippen LogP contribution is 2.34. The van der Waals surface area contributed by atoms with E-state index in [1.807, 2.05) is 13.0 Å². The Morgan fingerprint density at radius 3 is 2.75 bits per heavy atom. The molecule has 0 fully saturated rings. The molecule has 1 N–H and O–H groups in total. The number of aryl methyl sites for hydroxylation is 1. The van der Waals surface area contributed by atoms with Gasteiger partial charge in [0.15, 0.2) is 0 Å². The topological polar surface area (TPSA) is 70.3 Å². The SMILES string of the molecule is Cc1cccc(C#N)c1Oc1cc(C(=O)O)ccc1Br. The van der Waals surface area contributed by atoms with Crippen LogP contribution in [0.4, 0.5) is 0 Å². The molecule has 20 heavy (non-hydrogen) atoms. The third kappa shape index (κ3) is 2.81. The number of carboxylic acid groups (broad SMARTS) is 1. The summed E-state index contributed by atoms with van der Waals surface area (Å²) in [6.07, 6.45) is 0. The van der Waals surface area contributed by atoms with E-state index < -0.39 is 5.97 Å². The van der Waals surface area contributed by atoms with Crippen molar-refractivity contribution in [3.8, 4) is 17.6 Å². The molecule has 0 aliphatic carbocycles. The second-order valence-corrected chi connectivity index (χ2v) is 4.97. The van der Waals surface area contributed by atoms with Gasteiger partial charge in [-0.2, -0.15) is 5.26 Å². The van der Waals surface area contributed by atoms with Gasteiger partial charge >= 0.3 is 5.97 Å². The molecule has 100 valence electrons. The summed E-state index contributed by atoms with van der Waals surface area (Å²) >= 11 is 3.31. The van der Waals surface area contributed by atoms with Crippen LogP contribution < -0.4 is 4.74 Å². The maximum atomic E-state index is 11.0. The minimum Gasteiger partial charge on any atom is -0.478 e. The Balaban J connectivity index is 2.48. The number of hydrogen-bond donors (Lipinski definition) is 1. The van der Waals surface area contributed by atoms with Gasteiger partial charge in [0.05, 0.1) is 15.6 Å². The minimum atomic E-state index is -1.03. The molecule has 0 aliphatic rings. The Labute approximate surface area is 124 Å². The van der Waals surface area contributed by atoms with Crippen LogP contribution in [0.15, 0.2) is 40.9 Å². The zero-order valence-corrected chi connectivity index (χ0v) is 12.1. The van der Waals surface area contributed by atoms with Crippen LogP contribution in [0.25, 0.3) is 0 Å². The maximum Gasteiger partial charge on any atom is 0.335 e. The predicted molar refractivity (Wildman–Crippen MR) is 77.1 cm³/mol. The van der Waals surface area contributed by atoms with E-state index in [1.54, 1.807) is 18.2 Å². The fourth-order valence-electron chi connectivity index (χ4n) is 1.70. The number of rotatable bonds is 3. The molecule has 0 radical (unpaired) electrons. The summed E-state index contributed by atoms with van der Waals surface area (Å²) in [6, 6.07) is 11.8. The molecular weight excluding hydrogens is 322 g/mol. The number of hydrogen-bond acceptors (Lipinski definition) is 3. The molecule has 0 saturated heterocycles. The molecule has 0 aromatic heterocycles. The summed E-state index contributed by atoms with van der Waals surface area (Å²) in [4.78, 5) is 11.0. The lowest BCUT2D eigenvalue weighted by molar-refractivity contribution is 0.0696. The van der Waals surface area contributed by atoms with Gasteiger partial charge in [0.25, 0.3) is 0 Å². The zero-order chi connectivity index (χ0) is 14.7. The molecule has 0 bridgehead atoms. The lowest BCUT2D eigenvalue weighted by Gasteiger charge is -2.12. The van der Waals surface area contributed by atoms with Crippen molar-refractivity contribution in [1.82, 2.24) is 0 Å². The average molecular weight is 332 g/mol. The number of para-hydroxylation sites is 1. The molecule has 2 rings (SSSR count). The first kappa shape index (κ1) is 14.1. The number of nitriles is 1. The van der Waals surface area contributed by atoms with Gasteiger partial charge in [-0.05, 0) is 52.7 Å². The first-order valence-electron chi connectivity index (χ1n) is 5.73. The Morgan fingerprint density at radius 2 is 2.10 bits per heavy atom. The molecule has 0 unspecified atom stereocenters.